The van der Waals surface area contributed by atoms with E-state index in [0.717, 1.165) is 33.5 Å². The van der Waals surface area contributed by atoms with Crippen LogP contribution in [0.2, 0.25) is 0 Å². The van der Waals surface area contributed by atoms with E-state index in [1.165, 1.54) is 0 Å². The Hall–Kier alpha value is -2.34. The smallest absolute Gasteiger partial charge is 0.228 e. The monoisotopic (exact) mass is 402 g/mol. The molecule has 0 atom stereocenters. The van der Waals surface area contributed by atoms with E-state index < -0.39 is 0 Å². The van der Waals surface area contributed by atoms with Crippen LogP contribution in [-0.2, 0) is 22.4 Å². The topological polar surface area (TPSA) is 58.6 Å². The van der Waals surface area contributed by atoms with Crippen LogP contribution < -0.4 is 15.0 Å². The number of rotatable bonds is 4. The van der Waals surface area contributed by atoms with E-state index in [1.807, 2.05) is 36.4 Å². The Kier molecular flexibility index (Phi) is 5.08. The van der Waals surface area contributed by atoms with Crippen molar-refractivity contribution in [2.75, 3.05) is 23.9 Å². The van der Waals surface area contributed by atoms with Crippen LogP contribution in [0, 0.1) is 0 Å². The van der Waals surface area contributed by atoms with Gasteiger partial charge in [-0.2, -0.15) is 0 Å². The molecule has 2 aromatic rings. The molecule has 0 saturated heterocycles. The van der Waals surface area contributed by atoms with Crippen molar-refractivity contribution in [1.82, 2.24) is 0 Å². The van der Waals surface area contributed by atoms with Gasteiger partial charge in [0.2, 0.25) is 11.8 Å². The zero-order valence-electron chi connectivity index (χ0n) is 14.1. The summed E-state index contributed by atoms with van der Waals surface area (Å²) in [5.41, 5.74) is 3.42. The molecule has 1 aliphatic heterocycles. The number of halogens is 1. The molecule has 2 aromatic carbocycles. The molecule has 0 bridgehead atoms. The maximum atomic E-state index is 12.5. The lowest BCUT2D eigenvalue weighted by Gasteiger charge is -2.19. The van der Waals surface area contributed by atoms with Crippen molar-refractivity contribution >= 4 is 39.1 Å². The van der Waals surface area contributed by atoms with E-state index in [9.17, 15) is 9.59 Å². The van der Waals surface area contributed by atoms with Crippen molar-refractivity contribution in [3.05, 3.63) is 52.0 Å². The molecule has 0 fully saturated rings. The van der Waals surface area contributed by atoms with Crippen molar-refractivity contribution < 1.29 is 14.3 Å². The maximum absolute atomic E-state index is 12.5. The summed E-state index contributed by atoms with van der Waals surface area (Å²) in [6.45, 7) is 2.18. The zero-order valence-corrected chi connectivity index (χ0v) is 15.7. The molecule has 0 radical (unpaired) electrons. The number of methoxy groups -OCH3 is 1. The fraction of sp³-hybridized carbons (Fsp3) is 0.263. The quantitative estimate of drug-likeness (QED) is 0.850. The number of benzene rings is 2. The van der Waals surface area contributed by atoms with Crippen LogP contribution in [0.5, 0.6) is 5.75 Å². The number of nitrogens with one attached hydrogen (secondary N) is 1. The molecule has 25 heavy (non-hydrogen) atoms. The molecular formula is C19H19BrN2O3. The highest BCUT2D eigenvalue weighted by Crippen LogP contribution is 2.38. The molecule has 1 heterocycles. The molecule has 130 valence electrons. The molecule has 5 nitrogen and oxygen atoms in total. The van der Waals surface area contributed by atoms with Gasteiger partial charge in [-0.25, -0.2) is 0 Å². The largest absolute Gasteiger partial charge is 0.497 e. The highest BCUT2D eigenvalue weighted by Gasteiger charge is 2.26. The summed E-state index contributed by atoms with van der Waals surface area (Å²) in [4.78, 5) is 26.0. The lowest BCUT2D eigenvalue weighted by Crippen LogP contribution is -2.27. The molecule has 0 aromatic heterocycles. The van der Waals surface area contributed by atoms with E-state index in [1.54, 1.807) is 18.9 Å². The second-order valence-corrected chi connectivity index (χ2v) is 6.87. The maximum Gasteiger partial charge on any atom is 0.228 e. The predicted octanol–water partition coefficient (Wildman–Crippen LogP) is 3.55. The van der Waals surface area contributed by atoms with Crippen LogP contribution in [-0.4, -0.2) is 25.5 Å². The highest BCUT2D eigenvalue weighted by atomic mass is 79.9. The van der Waals surface area contributed by atoms with Crippen molar-refractivity contribution in [3.8, 4) is 5.75 Å². The Morgan fingerprint density at radius 3 is 2.60 bits per heavy atom. The molecule has 2 amide bonds. The summed E-state index contributed by atoms with van der Waals surface area (Å²) in [5.74, 6) is 0.610. The van der Waals surface area contributed by atoms with Gasteiger partial charge in [0, 0.05) is 17.9 Å². The third-order valence-corrected chi connectivity index (χ3v) is 4.66. The molecule has 6 heteroatoms. The molecule has 0 unspecified atom stereocenters. The number of anilines is 2. The molecule has 0 saturated carbocycles. The summed E-state index contributed by atoms with van der Waals surface area (Å²) < 4.78 is 6.01. The zero-order chi connectivity index (χ0) is 18.0. The van der Waals surface area contributed by atoms with Crippen LogP contribution in [0.3, 0.4) is 0 Å². The minimum Gasteiger partial charge on any atom is -0.497 e. The SMILES string of the molecule is COc1ccc(CC(=O)Nc2cc(Br)cc3c2N(C(C)=O)CC3)cc1. The lowest BCUT2D eigenvalue weighted by atomic mass is 10.1. The molecular weight excluding hydrogens is 384 g/mol. The van der Waals surface area contributed by atoms with E-state index >= 15 is 0 Å². The Balaban J connectivity index is 1.80. The fourth-order valence-electron chi connectivity index (χ4n) is 3.04. The summed E-state index contributed by atoms with van der Waals surface area (Å²) in [5, 5.41) is 2.95. The number of nitrogens with zero attached hydrogens (tertiary/aromatic N) is 1. The first-order valence-electron chi connectivity index (χ1n) is 8.01. The van der Waals surface area contributed by atoms with Gasteiger partial charge in [-0.1, -0.05) is 28.1 Å². The summed E-state index contributed by atoms with van der Waals surface area (Å²) in [6, 6.07) is 11.2. The molecule has 0 spiro atoms. The number of carbonyl (C=O) groups is 2. The highest BCUT2D eigenvalue weighted by molar-refractivity contribution is 9.10. The van der Waals surface area contributed by atoms with Crippen LogP contribution in [0.25, 0.3) is 0 Å². The van der Waals surface area contributed by atoms with Gasteiger partial charge in [0.25, 0.3) is 0 Å². The predicted molar refractivity (Wildman–Crippen MR) is 101 cm³/mol. The van der Waals surface area contributed by atoms with Gasteiger partial charge in [-0.3, -0.25) is 9.59 Å². The van der Waals surface area contributed by atoms with E-state index in [4.69, 9.17) is 4.74 Å². The fourth-order valence-corrected chi connectivity index (χ4v) is 3.55. The Morgan fingerprint density at radius 2 is 1.96 bits per heavy atom. The number of amides is 2. The van der Waals surface area contributed by atoms with Crippen molar-refractivity contribution in [2.45, 2.75) is 19.8 Å². The average Bonchev–Trinajstić information content (AvgIpc) is 2.99. The van der Waals surface area contributed by atoms with Crippen molar-refractivity contribution in [1.29, 1.82) is 0 Å². The van der Waals surface area contributed by atoms with Crippen LogP contribution in [0.15, 0.2) is 40.9 Å². The molecule has 0 aliphatic carbocycles. The Labute approximate surface area is 155 Å². The number of hydrogen-bond acceptors (Lipinski definition) is 3. The van der Waals surface area contributed by atoms with Crippen molar-refractivity contribution in [3.63, 3.8) is 0 Å². The van der Waals surface area contributed by atoms with E-state index in [-0.39, 0.29) is 18.2 Å². The van der Waals surface area contributed by atoms with Gasteiger partial charge >= 0.3 is 0 Å². The van der Waals surface area contributed by atoms with Gasteiger partial charge in [0.1, 0.15) is 5.75 Å². The van der Waals surface area contributed by atoms with Gasteiger partial charge in [-0.05, 0) is 41.8 Å². The molecule has 3 rings (SSSR count). The van der Waals surface area contributed by atoms with Gasteiger partial charge < -0.3 is 15.0 Å². The lowest BCUT2D eigenvalue weighted by molar-refractivity contribution is -0.117. The Morgan fingerprint density at radius 1 is 1.24 bits per heavy atom. The number of hydrogen-bond donors (Lipinski definition) is 1. The van der Waals surface area contributed by atoms with Crippen LogP contribution in [0.1, 0.15) is 18.1 Å². The molecule has 1 aliphatic rings. The van der Waals surface area contributed by atoms with E-state index in [2.05, 4.69) is 21.2 Å². The Bertz CT molecular complexity index is 818. The molecule has 1 N–H and O–H groups in total. The third-order valence-electron chi connectivity index (χ3n) is 4.21. The van der Waals surface area contributed by atoms with Gasteiger partial charge in [-0.15, -0.1) is 0 Å². The van der Waals surface area contributed by atoms with E-state index in [0.29, 0.717) is 12.2 Å². The average molecular weight is 403 g/mol. The number of carbonyl (C=O) groups excluding carboxylic acids is 2. The standard InChI is InChI=1S/C19H19BrN2O3/c1-12(23)22-8-7-14-10-15(20)11-17(19(14)22)21-18(24)9-13-3-5-16(25-2)6-4-13/h3-6,10-11H,7-9H2,1-2H3,(H,21,24). The minimum absolute atomic E-state index is 0.0216. The normalized spacial score (nSPS) is 12.7. The van der Waals surface area contributed by atoms with Crippen LogP contribution in [0.4, 0.5) is 11.4 Å². The van der Waals surface area contributed by atoms with Crippen molar-refractivity contribution in [2.24, 2.45) is 0 Å². The summed E-state index contributed by atoms with van der Waals surface area (Å²) in [7, 11) is 1.61. The second-order valence-electron chi connectivity index (χ2n) is 5.95. The summed E-state index contributed by atoms with van der Waals surface area (Å²) >= 11 is 3.48. The first-order valence-corrected chi connectivity index (χ1v) is 8.80. The third kappa shape index (κ3) is 3.85. The number of ether oxygens (including phenoxy) is 1. The first-order chi connectivity index (χ1) is 12.0. The second kappa shape index (κ2) is 7.27. The van der Waals surface area contributed by atoms with Gasteiger partial charge in [0.15, 0.2) is 0 Å². The summed E-state index contributed by atoms with van der Waals surface area (Å²) in [6.07, 6.45) is 1.04. The minimum atomic E-state index is -0.124. The number of fused-ring (bicyclic) bond motifs is 1. The van der Waals surface area contributed by atoms with Crippen LogP contribution >= 0.6 is 15.9 Å². The first kappa shape index (κ1) is 17.5. The van der Waals surface area contributed by atoms with Gasteiger partial charge in [0.05, 0.1) is 24.9 Å².